The van der Waals surface area contributed by atoms with Crippen molar-refractivity contribution in [3.63, 3.8) is 0 Å². The zero-order chi connectivity index (χ0) is 28.7. The van der Waals surface area contributed by atoms with Crippen LogP contribution in [-0.4, -0.2) is 34.4 Å². The molecule has 0 bridgehead atoms. The Hall–Kier alpha value is -4.01. The summed E-state index contributed by atoms with van der Waals surface area (Å²) in [5.41, 5.74) is 4.70. The number of nitrogens with one attached hydrogen (secondary N) is 2. The van der Waals surface area contributed by atoms with Gasteiger partial charge in [-0.05, 0) is 73.0 Å². The Morgan fingerprint density at radius 1 is 0.854 bits per heavy atom. The third-order valence-corrected chi connectivity index (χ3v) is 7.73. The second-order valence-electron chi connectivity index (χ2n) is 10.6. The number of benzene rings is 4. The number of hydrogen-bond acceptors (Lipinski definition) is 6. The van der Waals surface area contributed by atoms with Gasteiger partial charge in [0.2, 0.25) is 10.0 Å². The van der Waals surface area contributed by atoms with Crippen molar-refractivity contribution >= 4 is 21.4 Å². The van der Waals surface area contributed by atoms with Gasteiger partial charge in [-0.15, -0.1) is 0 Å². The van der Waals surface area contributed by atoms with Crippen molar-refractivity contribution in [3.8, 4) is 17.2 Å². The third kappa shape index (κ3) is 8.25. The molecule has 1 atom stereocenters. The minimum atomic E-state index is -3.39. The highest BCUT2D eigenvalue weighted by atomic mass is 32.2. The van der Waals surface area contributed by atoms with Crippen molar-refractivity contribution in [2.45, 2.75) is 26.4 Å². The Labute approximate surface area is 243 Å². The maximum absolute atomic E-state index is 11.9. The summed E-state index contributed by atoms with van der Waals surface area (Å²) in [6, 6.07) is 31.8. The molecule has 1 saturated heterocycles. The van der Waals surface area contributed by atoms with Gasteiger partial charge in [-0.25, -0.2) is 8.42 Å². The highest BCUT2D eigenvalue weighted by Gasteiger charge is 2.16. The number of sulfonamides is 1. The van der Waals surface area contributed by atoms with Gasteiger partial charge in [0.05, 0.1) is 18.6 Å². The van der Waals surface area contributed by atoms with E-state index in [2.05, 4.69) is 39.2 Å². The SMILES string of the molecule is Cc1c(NS(C)(=O)=O)cccc1N(Cc1ccccc1)Cc1ccc(Oc2cccc(OCC3CCNC3)c2)cc1. The smallest absolute Gasteiger partial charge is 0.229 e. The second-order valence-corrected chi connectivity index (χ2v) is 12.3. The summed E-state index contributed by atoms with van der Waals surface area (Å²) in [6.07, 6.45) is 2.32. The Kier molecular flexibility index (Phi) is 9.11. The topological polar surface area (TPSA) is 79.9 Å². The number of nitrogens with zero attached hydrogens (tertiary/aromatic N) is 1. The Morgan fingerprint density at radius 2 is 1.56 bits per heavy atom. The predicted molar refractivity (Wildman–Crippen MR) is 165 cm³/mol. The van der Waals surface area contributed by atoms with Gasteiger partial charge in [0.15, 0.2) is 0 Å². The van der Waals surface area contributed by atoms with Gasteiger partial charge >= 0.3 is 0 Å². The molecule has 8 heteroatoms. The van der Waals surface area contributed by atoms with Gasteiger partial charge in [-0.2, -0.15) is 0 Å². The summed E-state index contributed by atoms with van der Waals surface area (Å²) in [5, 5.41) is 3.37. The van der Waals surface area contributed by atoms with E-state index in [0.29, 0.717) is 31.3 Å². The lowest BCUT2D eigenvalue weighted by Crippen LogP contribution is -2.23. The van der Waals surface area contributed by atoms with E-state index in [1.54, 1.807) is 6.07 Å². The lowest BCUT2D eigenvalue weighted by Gasteiger charge is -2.28. The van der Waals surface area contributed by atoms with Crippen LogP contribution in [0.5, 0.6) is 17.2 Å². The zero-order valence-electron chi connectivity index (χ0n) is 23.5. The van der Waals surface area contributed by atoms with E-state index < -0.39 is 10.0 Å². The first-order valence-corrected chi connectivity index (χ1v) is 15.8. The molecule has 0 amide bonds. The summed E-state index contributed by atoms with van der Waals surface area (Å²) in [4.78, 5) is 2.26. The molecule has 1 fully saturated rings. The molecule has 1 heterocycles. The first kappa shape index (κ1) is 28.5. The van der Waals surface area contributed by atoms with Crippen LogP contribution in [0.3, 0.4) is 0 Å². The fourth-order valence-electron chi connectivity index (χ4n) is 5.02. The van der Waals surface area contributed by atoms with E-state index >= 15 is 0 Å². The summed E-state index contributed by atoms with van der Waals surface area (Å²) in [6.45, 7) is 6.03. The summed E-state index contributed by atoms with van der Waals surface area (Å²) >= 11 is 0. The average molecular weight is 572 g/mol. The van der Waals surface area contributed by atoms with E-state index in [-0.39, 0.29) is 0 Å². The fourth-order valence-corrected chi connectivity index (χ4v) is 5.64. The molecule has 5 rings (SSSR count). The minimum absolute atomic E-state index is 0.552. The van der Waals surface area contributed by atoms with Crippen LogP contribution < -0.4 is 24.4 Å². The molecule has 2 N–H and O–H groups in total. The van der Waals surface area contributed by atoms with Crippen molar-refractivity contribution in [1.29, 1.82) is 0 Å². The first-order valence-electron chi connectivity index (χ1n) is 13.9. The van der Waals surface area contributed by atoms with E-state index in [9.17, 15) is 8.42 Å². The van der Waals surface area contributed by atoms with Crippen LogP contribution >= 0.6 is 0 Å². The van der Waals surface area contributed by atoms with Crippen LogP contribution in [0, 0.1) is 12.8 Å². The standard InChI is InChI=1S/C33H37N3O4S/c1-25-32(35-41(2,37)38)12-7-13-33(25)36(22-26-8-4-3-5-9-26)23-27-14-16-29(17-15-27)40-31-11-6-10-30(20-31)39-24-28-18-19-34-21-28/h3-17,20,28,34-35H,18-19,21-24H2,1-2H3. The third-order valence-electron chi connectivity index (χ3n) is 7.14. The van der Waals surface area contributed by atoms with Crippen LogP contribution in [0.15, 0.2) is 97.1 Å². The van der Waals surface area contributed by atoms with Crippen LogP contribution in [0.25, 0.3) is 0 Å². The highest BCUT2D eigenvalue weighted by Crippen LogP contribution is 2.31. The first-order chi connectivity index (χ1) is 19.8. The van der Waals surface area contributed by atoms with Crippen molar-refractivity contribution < 1.29 is 17.9 Å². The Bertz CT molecular complexity index is 1540. The van der Waals surface area contributed by atoms with Crippen LogP contribution in [0.2, 0.25) is 0 Å². The Morgan fingerprint density at radius 3 is 2.27 bits per heavy atom. The average Bonchev–Trinajstić information content (AvgIpc) is 3.48. The monoisotopic (exact) mass is 571 g/mol. The normalized spacial score (nSPS) is 14.9. The number of ether oxygens (including phenoxy) is 2. The van der Waals surface area contributed by atoms with E-state index in [0.717, 1.165) is 53.6 Å². The van der Waals surface area contributed by atoms with Gasteiger partial charge in [0.25, 0.3) is 0 Å². The highest BCUT2D eigenvalue weighted by molar-refractivity contribution is 7.92. The molecular formula is C33H37N3O4S. The fraction of sp³-hybridized carbons (Fsp3) is 0.273. The van der Waals surface area contributed by atoms with Crippen molar-refractivity contribution in [1.82, 2.24) is 5.32 Å². The van der Waals surface area contributed by atoms with Gasteiger partial charge in [0.1, 0.15) is 17.2 Å². The van der Waals surface area contributed by atoms with Gasteiger partial charge in [-0.1, -0.05) is 54.6 Å². The maximum Gasteiger partial charge on any atom is 0.229 e. The molecule has 41 heavy (non-hydrogen) atoms. The minimum Gasteiger partial charge on any atom is -0.493 e. The zero-order valence-corrected chi connectivity index (χ0v) is 24.4. The molecule has 0 saturated carbocycles. The van der Waals surface area contributed by atoms with Gasteiger partial charge in [0, 0.05) is 37.3 Å². The molecule has 4 aromatic rings. The van der Waals surface area contributed by atoms with E-state index in [4.69, 9.17) is 9.47 Å². The summed E-state index contributed by atoms with van der Waals surface area (Å²) < 4.78 is 38.7. The molecular weight excluding hydrogens is 534 g/mol. The van der Waals surface area contributed by atoms with Crippen LogP contribution in [0.1, 0.15) is 23.1 Å². The quantitative estimate of drug-likeness (QED) is 0.206. The molecule has 0 aliphatic carbocycles. The summed E-state index contributed by atoms with van der Waals surface area (Å²) in [5.74, 6) is 2.84. The molecule has 1 aliphatic heterocycles. The molecule has 1 aliphatic rings. The lowest BCUT2D eigenvalue weighted by molar-refractivity contribution is 0.259. The van der Waals surface area contributed by atoms with Crippen LogP contribution in [-0.2, 0) is 23.1 Å². The van der Waals surface area contributed by atoms with Crippen molar-refractivity contribution in [3.05, 3.63) is 114 Å². The molecule has 0 radical (unpaired) electrons. The van der Waals surface area contributed by atoms with E-state index in [1.807, 2.05) is 73.7 Å². The molecule has 4 aromatic carbocycles. The van der Waals surface area contributed by atoms with Gasteiger partial charge in [-0.3, -0.25) is 4.72 Å². The van der Waals surface area contributed by atoms with Gasteiger partial charge < -0.3 is 19.7 Å². The Balaban J connectivity index is 1.30. The second kappa shape index (κ2) is 13.1. The predicted octanol–water partition coefficient (Wildman–Crippen LogP) is 6.35. The van der Waals surface area contributed by atoms with Crippen molar-refractivity contribution in [2.24, 2.45) is 5.92 Å². The largest absolute Gasteiger partial charge is 0.493 e. The number of hydrogen-bond donors (Lipinski definition) is 2. The number of anilines is 2. The molecule has 1 unspecified atom stereocenters. The van der Waals surface area contributed by atoms with Crippen LogP contribution in [0.4, 0.5) is 11.4 Å². The maximum atomic E-state index is 11.9. The summed E-state index contributed by atoms with van der Waals surface area (Å²) in [7, 11) is -3.39. The molecule has 7 nitrogen and oxygen atoms in total. The van der Waals surface area contributed by atoms with Crippen molar-refractivity contribution in [2.75, 3.05) is 35.6 Å². The van der Waals surface area contributed by atoms with E-state index in [1.165, 1.54) is 11.8 Å². The molecule has 0 aromatic heterocycles. The molecule has 214 valence electrons. The number of rotatable bonds is 12. The molecule has 0 spiro atoms. The lowest BCUT2D eigenvalue weighted by atomic mass is 10.1.